The topological polar surface area (TPSA) is 75.0 Å². The maximum atomic E-state index is 13.3. The van der Waals surface area contributed by atoms with Crippen molar-refractivity contribution in [1.29, 1.82) is 0 Å². The van der Waals surface area contributed by atoms with Gasteiger partial charge in [-0.2, -0.15) is 0 Å². The van der Waals surface area contributed by atoms with Gasteiger partial charge in [-0.1, -0.05) is 32.9 Å². The first kappa shape index (κ1) is 21.3. The van der Waals surface area contributed by atoms with Gasteiger partial charge in [0, 0.05) is 37.5 Å². The summed E-state index contributed by atoms with van der Waals surface area (Å²) in [6.07, 6.45) is 6.26. The molecule has 3 heterocycles. The summed E-state index contributed by atoms with van der Waals surface area (Å²) < 4.78 is 13.3. The largest absolute Gasteiger partial charge is 0.386 e. The number of anilines is 1. The fraction of sp³-hybridized carbons (Fsp3) is 0.417. The van der Waals surface area contributed by atoms with Crippen LogP contribution in [-0.2, 0) is 12.8 Å². The fourth-order valence-electron chi connectivity index (χ4n) is 3.81. The average Bonchev–Trinajstić information content (AvgIpc) is 2.72. The third-order valence-electron chi connectivity index (χ3n) is 6.05. The van der Waals surface area contributed by atoms with Crippen LogP contribution in [0.2, 0.25) is 0 Å². The summed E-state index contributed by atoms with van der Waals surface area (Å²) >= 11 is 0. The first-order valence-electron chi connectivity index (χ1n) is 10.7. The summed E-state index contributed by atoms with van der Waals surface area (Å²) in [6, 6.07) is 8.55. The Labute approximate surface area is 182 Å². The SMILES string of the molecule is CC(C)C1(O)CN(c2cc(Cc3cnccn3)nc(C[C@@H](C)c3ccc(F)cc3)n2)C1. The Bertz CT molecular complexity index is 1020. The number of halogens is 1. The molecule has 3 aromatic rings. The number of rotatable bonds is 7. The molecule has 0 aliphatic carbocycles. The molecule has 2 aromatic heterocycles. The van der Waals surface area contributed by atoms with Crippen LogP contribution in [-0.4, -0.2) is 43.7 Å². The van der Waals surface area contributed by atoms with Crippen molar-refractivity contribution in [2.45, 2.75) is 45.1 Å². The van der Waals surface area contributed by atoms with E-state index in [-0.39, 0.29) is 17.7 Å². The standard InChI is InChI=1S/C24H28FN5O/c1-16(2)24(31)14-30(15-24)23-12-20(11-21-13-26-8-9-27-21)28-22(29-23)10-17(3)18-4-6-19(25)7-5-18/h4-9,12-13,16-17,31H,10-11,14-15H2,1-3H3/t17-/m1/s1. The zero-order valence-corrected chi connectivity index (χ0v) is 18.2. The van der Waals surface area contributed by atoms with Crippen LogP contribution in [0, 0.1) is 11.7 Å². The van der Waals surface area contributed by atoms with Gasteiger partial charge in [-0.15, -0.1) is 0 Å². The van der Waals surface area contributed by atoms with Crippen molar-refractivity contribution in [1.82, 2.24) is 19.9 Å². The van der Waals surface area contributed by atoms with E-state index in [1.54, 1.807) is 18.6 Å². The molecule has 1 saturated heterocycles. The second-order valence-electron chi connectivity index (χ2n) is 8.78. The van der Waals surface area contributed by atoms with E-state index >= 15 is 0 Å². The Morgan fingerprint density at radius 1 is 1.06 bits per heavy atom. The van der Waals surface area contributed by atoms with Crippen molar-refractivity contribution >= 4 is 5.82 Å². The summed E-state index contributed by atoms with van der Waals surface area (Å²) in [7, 11) is 0. The van der Waals surface area contributed by atoms with Crippen molar-refractivity contribution in [3.8, 4) is 0 Å². The fourth-order valence-corrected chi connectivity index (χ4v) is 3.81. The minimum atomic E-state index is -0.683. The Kier molecular flexibility index (Phi) is 5.96. The summed E-state index contributed by atoms with van der Waals surface area (Å²) in [4.78, 5) is 20.2. The Hall–Kier alpha value is -2.93. The van der Waals surface area contributed by atoms with Crippen LogP contribution in [0.5, 0.6) is 0 Å². The second kappa shape index (κ2) is 8.67. The van der Waals surface area contributed by atoms with Crippen molar-refractivity contribution in [3.05, 3.63) is 77.5 Å². The quantitative estimate of drug-likeness (QED) is 0.629. The van der Waals surface area contributed by atoms with Gasteiger partial charge in [0.2, 0.25) is 0 Å². The summed E-state index contributed by atoms with van der Waals surface area (Å²) in [5.74, 6) is 1.64. The molecular weight excluding hydrogens is 393 g/mol. The average molecular weight is 422 g/mol. The molecule has 4 rings (SSSR count). The lowest BCUT2D eigenvalue weighted by molar-refractivity contribution is -0.0304. The van der Waals surface area contributed by atoms with Crippen molar-refractivity contribution in [2.75, 3.05) is 18.0 Å². The number of hydrogen-bond acceptors (Lipinski definition) is 6. The predicted molar refractivity (Wildman–Crippen MR) is 117 cm³/mol. The van der Waals surface area contributed by atoms with Crippen LogP contribution in [0.4, 0.5) is 10.2 Å². The zero-order chi connectivity index (χ0) is 22.0. The molecule has 1 fully saturated rings. The highest BCUT2D eigenvalue weighted by molar-refractivity contribution is 5.46. The smallest absolute Gasteiger partial charge is 0.132 e. The van der Waals surface area contributed by atoms with Crippen LogP contribution in [0.1, 0.15) is 49.5 Å². The van der Waals surface area contributed by atoms with Gasteiger partial charge in [0.25, 0.3) is 0 Å². The van der Waals surface area contributed by atoms with Crippen LogP contribution < -0.4 is 4.90 Å². The predicted octanol–water partition coefficient (Wildman–Crippen LogP) is 3.55. The molecule has 31 heavy (non-hydrogen) atoms. The lowest BCUT2D eigenvalue weighted by atomic mass is 9.83. The number of aromatic nitrogens is 4. The first-order chi connectivity index (χ1) is 14.8. The van der Waals surface area contributed by atoms with Gasteiger partial charge >= 0.3 is 0 Å². The van der Waals surface area contributed by atoms with Crippen LogP contribution in [0.15, 0.2) is 48.9 Å². The molecule has 0 saturated carbocycles. The van der Waals surface area contributed by atoms with Gasteiger partial charge in [-0.05, 0) is 29.5 Å². The van der Waals surface area contributed by atoms with Crippen LogP contribution in [0.3, 0.4) is 0 Å². The maximum Gasteiger partial charge on any atom is 0.132 e. The number of β-amino-alcohol motifs (C(OH)–C–C–N with tert-alkyl or cyclic N) is 1. The maximum absolute atomic E-state index is 13.3. The Morgan fingerprint density at radius 2 is 1.81 bits per heavy atom. The zero-order valence-electron chi connectivity index (χ0n) is 18.2. The van der Waals surface area contributed by atoms with Gasteiger partial charge < -0.3 is 10.0 Å². The number of nitrogens with zero attached hydrogens (tertiary/aromatic N) is 5. The van der Waals surface area contributed by atoms with Crippen molar-refractivity contribution < 1.29 is 9.50 Å². The van der Waals surface area contributed by atoms with E-state index in [1.165, 1.54) is 12.1 Å². The third kappa shape index (κ3) is 4.88. The van der Waals surface area contributed by atoms with Crippen molar-refractivity contribution in [2.24, 2.45) is 5.92 Å². The molecular formula is C24H28FN5O. The van der Waals surface area contributed by atoms with Crippen molar-refractivity contribution in [3.63, 3.8) is 0 Å². The van der Waals surface area contributed by atoms with E-state index in [9.17, 15) is 9.50 Å². The normalized spacial score (nSPS) is 16.3. The van der Waals surface area contributed by atoms with Gasteiger partial charge in [0.1, 0.15) is 23.1 Å². The van der Waals surface area contributed by atoms with E-state index in [2.05, 4.69) is 21.8 Å². The third-order valence-corrected chi connectivity index (χ3v) is 6.05. The molecule has 0 unspecified atom stereocenters. The molecule has 0 bridgehead atoms. The monoisotopic (exact) mass is 421 g/mol. The molecule has 0 radical (unpaired) electrons. The molecule has 0 spiro atoms. The van der Waals surface area contributed by atoms with E-state index < -0.39 is 5.60 Å². The molecule has 0 amide bonds. The van der Waals surface area contributed by atoms with Gasteiger partial charge in [-0.25, -0.2) is 14.4 Å². The minimum absolute atomic E-state index is 0.143. The molecule has 1 aromatic carbocycles. The molecule has 162 valence electrons. The minimum Gasteiger partial charge on any atom is -0.386 e. The van der Waals surface area contributed by atoms with E-state index in [0.29, 0.717) is 25.9 Å². The number of aliphatic hydroxyl groups is 1. The van der Waals surface area contributed by atoms with Crippen LogP contribution in [0.25, 0.3) is 0 Å². The highest BCUT2D eigenvalue weighted by Crippen LogP contribution is 2.32. The van der Waals surface area contributed by atoms with Gasteiger partial charge in [-0.3, -0.25) is 9.97 Å². The highest BCUT2D eigenvalue weighted by atomic mass is 19.1. The van der Waals surface area contributed by atoms with Crippen LogP contribution >= 0.6 is 0 Å². The molecule has 6 nitrogen and oxygen atoms in total. The van der Waals surface area contributed by atoms with E-state index in [4.69, 9.17) is 9.97 Å². The lowest BCUT2D eigenvalue weighted by Gasteiger charge is -2.49. The Balaban J connectivity index is 1.59. The summed E-state index contributed by atoms with van der Waals surface area (Å²) in [5, 5.41) is 10.7. The van der Waals surface area contributed by atoms with E-state index in [0.717, 1.165) is 28.6 Å². The molecule has 1 aliphatic heterocycles. The van der Waals surface area contributed by atoms with E-state index in [1.807, 2.05) is 32.0 Å². The summed E-state index contributed by atoms with van der Waals surface area (Å²) in [5.41, 5.74) is 2.07. The highest BCUT2D eigenvalue weighted by Gasteiger charge is 2.44. The number of hydrogen-bond donors (Lipinski definition) is 1. The number of benzene rings is 1. The molecule has 1 N–H and O–H groups in total. The molecule has 1 aliphatic rings. The van der Waals surface area contributed by atoms with Gasteiger partial charge in [0.05, 0.1) is 24.5 Å². The first-order valence-corrected chi connectivity index (χ1v) is 10.7. The molecule has 1 atom stereocenters. The Morgan fingerprint density at radius 3 is 2.45 bits per heavy atom. The summed E-state index contributed by atoms with van der Waals surface area (Å²) in [6.45, 7) is 7.27. The molecule has 7 heteroatoms. The lowest BCUT2D eigenvalue weighted by Crippen LogP contribution is -2.65. The van der Waals surface area contributed by atoms with Gasteiger partial charge in [0.15, 0.2) is 0 Å². The second-order valence-corrected chi connectivity index (χ2v) is 8.78.